The van der Waals surface area contributed by atoms with Gasteiger partial charge < -0.3 is 4.74 Å². The average molecular weight is 214 g/mol. The van der Waals surface area contributed by atoms with Crippen LogP contribution in [0.2, 0.25) is 0 Å². The number of benzene rings is 1. The lowest BCUT2D eigenvalue weighted by atomic mass is 10.1. The quantitative estimate of drug-likeness (QED) is 0.647. The minimum absolute atomic E-state index is 0.559. The van der Waals surface area contributed by atoms with Crippen molar-refractivity contribution in [3.8, 4) is 0 Å². The average Bonchev–Trinajstić information content (AvgIpc) is 2.78. The van der Waals surface area contributed by atoms with Crippen LogP contribution >= 0.6 is 0 Å². The van der Waals surface area contributed by atoms with Gasteiger partial charge in [-0.15, -0.1) is 5.10 Å². The molecule has 0 aliphatic rings. The van der Waals surface area contributed by atoms with Crippen molar-refractivity contribution in [2.24, 2.45) is 0 Å². The molecule has 0 aliphatic carbocycles. The summed E-state index contributed by atoms with van der Waals surface area (Å²) in [5.41, 5.74) is 2.84. The first-order chi connectivity index (χ1) is 7.90. The molecule has 0 saturated carbocycles. The fourth-order valence-electron chi connectivity index (χ4n) is 1.89. The largest absolute Gasteiger partial charge is 0.380 e. The molecule has 5 nitrogen and oxygen atoms in total. The first kappa shape index (κ1) is 9.23. The lowest BCUT2D eigenvalue weighted by Crippen LogP contribution is -1.96. The summed E-state index contributed by atoms with van der Waals surface area (Å²) in [6, 6.07) is 9.96. The van der Waals surface area contributed by atoms with E-state index in [0.717, 1.165) is 22.1 Å². The van der Waals surface area contributed by atoms with Crippen LogP contribution in [0, 0.1) is 0 Å². The van der Waals surface area contributed by atoms with E-state index < -0.39 is 0 Å². The Labute approximate surface area is 91.6 Å². The minimum atomic E-state index is 0.559. The fraction of sp³-hybridized carbons (Fsp3) is 0.182. The Kier molecular flexibility index (Phi) is 2.04. The molecule has 5 heteroatoms. The van der Waals surface area contributed by atoms with Gasteiger partial charge in [0, 0.05) is 12.5 Å². The molecule has 16 heavy (non-hydrogen) atoms. The summed E-state index contributed by atoms with van der Waals surface area (Å²) in [6.45, 7) is 0.559. The topological polar surface area (TPSA) is 52.3 Å². The first-order valence-electron chi connectivity index (χ1n) is 4.98. The maximum atomic E-state index is 5.18. The van der Waals surface area contributed by atoms with Crippen molar-refractivity contribution in [3.05, 3.63) is 35.9 Å². The zero-order valence-corrected chi connectivity index (χ0v) is 8.79. The summed E-state index contributed by atoms with van der Waals surface area (Å²) in [5.74, 6) is 0. The SMILES string of the molecule is COCc1cc2nnnn2c2ccccc12. The Bertz CT molecular complexity index is 647. The van der Waals surface area contributed by atoms with Gasteiger partial charge in [-0.3, -0.25) is 0 Å². The molecule has 0 fully saturated rings. The second-order valence-corrected chi connectivity index (χ2v) is 3.57. The van der Waals surface area contributed by atoms with E-state index in [-0.39, 0.29) is 0 Å². The van der Waals surface area contributed by atoms with Crippen LogP contribution in [0.25, 0.3) is 16.6 Å². The van der Waals surface area contributed by atoms with E-state index in [0.29, 0.717) is 6.61 Å². The number of ether oxygens (including phenoxy) is 1. The van der Waals surface area contributed by atoms with Crippen molar-refractivity contribution in [1.29, 1.82) is 0 Å². The third-order valence-electron chi connectivity index (χ3n) is 2.57. The molecule has 0 aliphatic heterocycles. The molecule has 0 bridgehead atoms. The number of hydrogen-bond donors (Lipinski definition) is 0. The highest BCUT2D eigenvalue weighted by Gasteiger charge is 2.07. The van der Waals surface area contributed by atoms with Gasteiger partial charge in [0.1, 0.15) is 0 Å². The van der Waals surface area contributed by atoms with E-state index in [4.69, 9.17) is 4.74 Å². The summed E-state index contributed by atoms with van der Waals surface area (Å²) in [7, 11) is 1.68. The minimum Gasteiger partial charge on any atom is -0.380 e. The van der Waals surface area contributed by atoms with Crippen LogP contribution in [-0.2, 0) is 11.3 Å². The standard InChI is InChI=1S/C11H10N4O/c1-16-7-8-6-11-12-13-14-15(11)10-5-3-2-4-9(8)10/h2-6H,7H2,1H3. The number of aromatic nitrogens is 4. The molecule has 0 spiro atoms. The Hall–Kier alpha value is -2.01. The molecule has 0 unspecified atom stereocenters. The summed E-state index contributed by atoms with van der Waals surface area (Å²) in [6.07, 6.45) is 0. The molecule has 0 amide bonds. The van der Waals surface area contributed by atoms with Crippen LogP contribution in [-0.4, -0.2) is 27.2 Å². The number of tetrazole rings is 1. The van der Waals surface area contributed by atoms with Crippen LogP contribution in [0.15, 0.2) is 30.3 Å². The van der Waals surface area contributed by atoms with Gasteiger partial charge in [0.2, 0.25) is 0 Å². The van der Waals surface area contributed by atoms with Gasteiger partial charge in [0.25, 0.3) is 0 Å². The van der Waals surface area contributed by atoms with Crippen LogP contribution in [0.5, 0.6) is 0 Å². The Morgan fingerprint density at radius 2 is 2.19 bits per heavy atom. The van der Waals surface area contributed by atoms with Crippen LogP contribution in [0.1, 0.15) is 5.56 Å². The second kappa shape index (κ2) is 3.53. The van der Waals surface area contributed by atoms with Crippen molar-refractivity contribution in [2.45, 2.75) is 6.61 Å². The second-order valence-electron chi connectivity index (χ2n) is 3.57. The fourth-order valence-corrected chi connectivity index (χ4v) is 1.89. The number of para-hydroxylation sites is 1. The highest BCUT2D eigenvalue weighted by molar-refractivity contribution is 5.84. The molecule has 3 rings (SSSR count). The summed E-state index contributed by atoms with van der Waals surface area (Å²) in [4.78, 5) is 0. The van der Waals surface area contributed by atoms with Gasteiger partial charge in [-0.25, -0.2) is 0 Å². The summed E-state index contributed by atoms with van der Waals surface area (Å²) < 4.78 is 6.91. The number of fused-ring (bicyclic) bond motifs is 3. The Morgan fingerprint density at radius 1 is 1.31 bits per heavy atom. The molecule has 0 atom stereocenters. The first-order valence-corrected chi connectivity index (χ1v) is 4.98. The van der Waals surface area contributed by atoms with Crippen LogP contribution in [0.4, 0.5) is 0 Å². The number of methoxy groups -OCH3 is 1. The molecular formula is C11H10N4O. The van der Waals surface area contributed by atoms with E-state index in [1.807, 2.05) is 30.3 Å². The number of hydrogen-bond acceptors (Lipinski definition) is 4. The third kappa shape index (κ3) is 1.25. The van der Waals surface area contributed by atoms with Gasteiger partial charge in [-0.05, 0) is 28.1 Å². The smallest absolute Gasteiger partial charge is 0.180 e. The van der Waals surface area contributed by atoms with E-state index in [1.165, 1.54) is 0 Å². The highest BCUT2D eigenvalue weighted by atomic mass is 16.5. The van der Waals surface area contributed by atoms with E-state index >= 15 is 0 Å². The normalized spacial score (nSPS) is 11.3. The van der Waals surface area contributed by atoms with Gasteiger partial charge >= 0.3 is 0 Å². The number of nitrogens with zero attached hydrogens (tertiary/aromatic N) is 4. The monoisotopic (exact) mass is 214 g/mol. The molecule has 80 valence electrons. The van der Waals surface area contributed by atoms with Crippen LogP contribution in [0.3, 0.4) is 0 Å². The zero-order chi connectivity index (χ0) is 11.0. The molecule has 0 saturated heterocycles. The van der Waals surface area contributed by atoms with Gasteiger partial charge in [-0.1, -0.05) is 18.2 Å². The molecule has 2 heterocycles. The van der Waals surface area contributed by atoms with E-state index in [2.05, 4.69) is 15.5 Å². The highest BCUT2D eigenvalue weighted by Crippen LogP contribution is 2.20. The molecule has 1 aromatic carbocycles. The maximum absolute atomic E-state index is 5.18. The van der Waals surface area contributed by atoms with Crippen molar-refractivity contribution in [1.82, 2.24) is 20.0 Å². The number of pyridine rings is 1. The number of rotatable bonds is 2. The van der Waals surface area contributed by atoms with Gasteiger partial charge in [0.05, 0.1) is 12.1 Å². The predicted octanol–water partition coefficient (Wildman–Crippen LogP) is 1.42. The molecule has 2 aromatic heterocycles. The predicted molar refractivity (Wildman–Crippen MR) is 59.0 cm³/mol. The zero-order valence-electron chi connectivity index (χ0n) is 8.79. The molecule has 0 N–H and O–H groups in total. The molecular weight excluding hydrogens is 204 g/mol. The molecule has 3 aromatic rings. The van der Waals surface area contributed by atoms with Crippen molar-refractivity contribution in [3.63, 3.8) is 0 Å². The van der Waals surface area contributed by atoms with Crippen molar-refractivity contribution >= 4 is 16.6 Å². The third-order valence-corrected chi connectivity index (χ3v) is 2.57. The summed E-state index contributed by atoms with van der Waals surface area (Å²) >= 11 is 0. The lowest BCUT2D eigenvalue weighted by Gasteiger charge is -2.06. The Balaban J connectivity index is 2.45. The van der Waals surface area contributed by atoms with Gasteiger partial charge in [0.15, 0.2) is 5.65 Å². The lowest BCUT2D eigenvalue weighted by molar-refractivity contribution is 0.186. The summed E-state index contributed by atoms with van der Waals surface area (Å²) in [5, 5.41) is 12.7. The Morgan fingerprint density at radius 3 is 3.06 bits per heavy atom. The van der Waals surface area contributed by atoms with Crippen molar-refractivity contribution in [2.75, 3.05) is 7.11 Å². The van der Waals surface area contributed by atoms with E-state index in [9.17, 15) is 0 Å². The molecule has 0 radical (unpaired) electrons. The van der Waals surface area contributed by atoms with Crippen molar-refractivity contribution < 1.29 is 4.74 Å². The van der Waals surface area contributed by atoms with Gasteiger partial charge in [-0.2, -0.15) is 4.52 Å². The van der Waals surface area contributed by atoms with Crippen LogP contribution < -0.4 is 0 Å². The van der Waals surface area contributed by atoms with E-state index in [1.54, 1.807) is 11.6 Å². The maximum Gasteiger partial charge on any atom is 0.180 e.